The molecule has 0 unspecified atom stereocenters. The highest BCUT2D eigenvalue weighted by atomic mass is 32.1. The molecule has 1 aliphatic heterocycles. The summed E-state index contributed by atoms with van der Waals surface area (Å²) in [7, 11) is 0. The Labute approximate surface area is 161 Å². The van der Waals surface area contributed by atoms with Crippen molar-refractivity contribution in [3.8, 4) is 5.75 Å². The smallest absolute Gasteiger partial charge is 0.171 e. The highest BCUT2D eigenvalue weighted by Gasteiger charge is 2.13. The molecule has 26 heavy (non-hydrogen) atoms. The Morgan fingerprint density at radius 1 is 1.12 bits per heavy atom. The SMILES string of the molecule is CCOc1ccccc1NC(=S)N[C@H](C)c1ccc(N2CCCC2)cc1. The van der Waals surface area contributed by atoms with Crippen LogP contribution in [0.15, 0.2) is 48.5 Å². The van der Waals surface area contributed by atoms with Crippen LogP contribution in [0, 0.1) is 0 Å². The van der Waals surface area contributed by atoms with E-state index in [1.165, 1.54) is 37.2 Å². The predicted molar refractivity (Wildman–Crippen MR) is 113 cm³/mol. The molecule has 2 aromatic carbocycles. The van der Waals surface area contributed by atoms with Crippen molar-refractivity contribution in [3.63, 3.8) is 0 Å². The third-order valence-corrected chi connectivity index (χ3v) is 4.87. The first-order valence-electron chi connectivity index (χ1n) is 9.31. The number of benzene rings is 2. The number of nitrogens with one attached hydrogen (secondary N) is 2. The van der Waals surface area contributed by atoms with E-state index in [2.05, 4.69) is 46.7 Å². The van der Waals surface area contributed by atoms with Crippen molar-refractivity contribution in [2.75, 3.05) is 29.9 Å². The van der Waals surface area contributed by atoms with Crippen LogP contribution < -0.4 is 20.3 Å². The molecule has 1 atom stereocenters. The zero-order valence-electron chi connectivity index (χ0n) is 15.5. The molecule has 4 nitrogen and oxygen atoms in total. The Balaban J connectivity index is 1.58. The van der Waals surface area contributed by atoms with E-state index < -0.39 is 0 Å². The fraction of sp³-hybridized carbons (Fsp3) is 0.381. The average Bonchev–Trinajstić information content (AvgIpc) is 3.18. The van der Waals surface area contributed by atoms with Gasteiger partial charge in [-0.1, -0.05) is 24.3 Å². The second-order valence-corrected chi connectivity index (χ2v) is 6.94. The summed E-state index contributed by atoms with van der Waals surface area (Å²) in [4.78, 5) is 2.44. The van der Waals surface area contributed by atoms with E-state index in [-0.39, 0.29) is 6.04 Å². The molecule has 1 fully saturated rings. The first-order chi connectivity index (χ1) is 12.7. The predicted octanol–water partition coefficient (Wildman–Crippen LogP) is 4.73. The molecule has 2 N–H and O–H groups in total. The van der Waals surface area contributed by atoms with Gasteiger partial charge in [-0.15, -0.1) is 0 Å². The summed E-state index contributed by atoms with van der Waals surface area (Å²) in [5, 5.41) is 7.18. The van der Waals surface area contributed by atoms with E-state index in [1.54, 1.807) is 0 Å². The van der Waals surface area contributed by atoms with Gasteiger partial charge in [0, 0.05) is 18.8 Å². The lowest BCUT2D eigenvalue weighted by atomic mass is 10.1. The maximum absolute atomic E-state index is 5.63. The maximum Gasteiger partial charge on any atom is 0.171 e. The van der Waals surface area contributed by atoms with Gasteiger partial charge in [0.05, 0.1) is 18.3 Å². The molecule has 138 valence electrons. The van der Waals surface area contributed by atoms with Crippen molar-refractivity contribution in [3.05, 3.63) is 54.1 Å². The van der Waals surface area contributed by atoms with Crippen LogP contribution in [0.2, 0.25) is 0 Å². The van der Waals surface area contributed by atoms with Gasteiger partial charge in [-0.05, 0) is 68.7 Å². The minimum atomic E-state index is 0.127. The van der Waals surface area contributed by atoms with Gasteiger partial charge in [-0.2, -0.15) is 0 Å². The molecule has 0 saturated carbocycles. The van der Waals surface area contributed by atoms with Gasteiger partial charge in [0.25, 0.3) is 0 Å². The summed E-state index contributed by atoms with van der Waals surface area (Å²) in [6.45, 7) is 7.05. The Morgan fingerprint density at radius 3 is 2.50 bits per heavy atom. The topological polar surface area (TPSA) is 36.5 Å². The van der Waals surface area contributed by atoms with Crippen LogP contribution in [0.1, 0.15) is 38.3 Å². The molecule has 0 radical (unpaired) electrons. The van der Waals surface area contributed by atoms with Gasteiger partial charge in [0.2, 0.25) is 0 Å². The van der Waals surface area contributed by atoms with Gasteiger partial charge in [0.15, 0.2) is 5.11 Å². The van der Waals surface area contributed by atoms with Crippen LogP contribution in [0.4, 0.5) is 11.4 Å². The number of para-hydroxylation sites is 2. The molecular weight excluding hydrogens is 342 g/mol. The first-order valence-corrected chi connectivity index (χ1v) is 9.72. The molecule has 0 spiro atoms. The molecule has 1 heterocycles. The lowest BCUT2D eigenvalue weighted by Crippen LogP contribution is -2.31. The van der Waals surface area contributed by atoms with Gasteiger partial charge in [-0.25, -0.2) is 0 Å². The van der Waals surface area contributed by atoms with Crippen molar-refractivity contribution >= 4 is 28.7 Å². The fourth-order valence-corrected chi connectivity index (χ4v) is 3.53. The van der Waals surface area contributed by atoms with E-state index in [0.29, 0.717) is 11.7 Å². The van der Waals surface area contributed by atoms with E-state index in [9.17, 15) is 0 Å². The zero-order valence-corrected chi connectivity index (χ0v) is 16.3. The van der Waals surface area contributed by atoms with Crippen molar-refractivity contribution in [2.24, 2.45) is 0 Å². The lowest BCUT2D eigenvalue weighted by molar-refractivity contribution is 0.342. The lowest BCUT2D eigenvalue weighted by Gasteiger charge is -2.21. The number of nitrogens with zero attached hydrogens (tertiary/aromatic N) is 1. The minimum Gasteiger partial charge on any atom is -0.492 e. The van der Waals surface area contributed by atoms with Crippen molar-refractivity contribution in [1.29, 1.82) is 0 Å². The Kier molecular flexibility index (Phi) is 6.34. The average molecular weight is 370 g/mol. The third-order valence-electron chi connectivity index (χ3n) is 4.65. The highest BCUT2D eigenvalue weighted by Crippen LogP contribution is 2.25. The largest absolute Gasteiger partial charge is 0.492 e. The van der Waals surface area contributed by atoms with Crippen molar-refractivity contribution < 1.29 is 4.74 Å². The zero-order chi connectivity index (χ0) is 18.4. The van der Waals surface area contributed by atoms with E-state index >= 15 is 0 Å². The molecule has 5 heteroatoms. The second kappa shape index (κ2) is 8.90. The number of anilines is 2. The van der Waals surface area contributed by atoms with Crippen LogP contribution >= 0.6 is 12.2 Å². The molecule has 1 saturated heterocycles. The van der Waals surface area contributed by atoms with Gasteiger partial charge >= 0.3 is 0 Å². The van der Waals surface area contributed by atoms with Crippen LogP contribution in [-0.2, 0) is 0 Å². The quantitative estimate of drug-likeness (QED) is 0.720. The molecule has 0 aromatic heterocycles. The van der Waals surface area contributed by atoms with Crippen LogP contribution in [0.5, 0.6) is 5.75 Å². The Hall–Kier alpha value is -2.27. The monoisotopic (exact) mass is 369 g/mol. The van der Waals surface area contributed by atoms with Crippen LogP contribution in [0.3, 0.4) is 0 Å². The summed E-state index contributed by atoms with van der Waals surface area (Å²) in [5.74, 6) is 0.807. The first kappa shape index (κ1) is 18.5. The van der Waals surface area contributed by atoms with Crippen molar-refractivity contribution in [1.82, 2.24) is 5.32 Å². The van der Waals surface area contributed by atoms with Gasteiger partial charge in [-0.3, -0.25) is 0 Å². The summed E-state index contributed by atoms with van der Waals surface area (Å²) in [5.41, 5.74) is 3.41. The number of hydrogen-bond acceptors (Lipinski definition) is 3. The van der Waals surface area contributed by atoms with E-state index in [1.807, 2.05) is 31.2 Å². The third kappa shape index (κ3) is 4.67. The van der Waals surface area contributed by atoms with Crippen LogP contribution in [0.25, 0.3) is 0 Å². The van der Waals surface area contributed by atoms with E-state index in [4.69, 9.17) is 17.0 Å². The fourth-order valence-electron chi connectivity index (χ4n) is 3.24. The Morgan fingerprint density at radius 2 is 1.81 bits per heavy atom. The minimum absolute atomic E-state index is 0.127. The van der Waals surface area contributed by atoms with Gasteiger partial charge < -0.3 is 20.3 Å². The summed E-state index contributed by atoms with van der Waals surface area (Å²) < 4.78 is 5.63. The number of hydrogen-bond donors (Lipinski definition) is 2. The Bertz CT molecular complexity index is 726. The highest BCUT2D eigenvalue weighted by molar-refractivity contribution is 7.80. The standard InChI is InChI=1S/C21H27N3OS/c1-3-25-20-9-5-4-8-19(20)23-21(26)22-16(2)17-10-12-18(13-11-17)24-14-6-7-15-24/h4-5,8-13,16H,3,6-7,14-15H2,1-2H3,(H2,22,23,26)/t16-/m1/s1. The number of rotatable bonds is 6. The van der Waals surface area contributed by atoms with E-state index in [0.717, 1.165) is 11.4 Å². The molecule has 1 aliphatic rings. The number of ether oxygens (including phenoxy) is 1. The molecule has 0 amide bonds. The van der Waals surface area contributed by atoms with Crippen LogP contribution in [-0.4, -0.2) is 24.8 Å². The number of thiocarbonyl (C=S) groups is 1. The van der Waals surface area contributed by atoms with Gasteiger partial charge in [0.1, 0.15) is 5.75 Å². The normalized spacial score (nSPS) is 14.8. The summed E-state index contributed by atoms with van der Waals surface area (Å²) >= 11 is 5.48. The molecule has 3 rings (SSSR count). The molecule has 0 bridgehead atoms. The second-order valence-electron chi connectivity index (χ2n) is 6.54. The van der Waals surface area contributed by atoms with Crippen molar-refractivity contribution in [2.45, 2.75) is 32.7 Å². The molecule has 0 aliphatic carbocycles. The summed E-state index contributed by atoms with van der Waals surface area (Å²) in [6.07, 6.45) is 2.59. The maximum atomic E-state index is 5.63. The summed E-state index contributed by atoms with van der Waals surface area (Å²) in [6, 6.07) is 16.7. The molecule has 2 aromatic rings. The molecular formula is C21H27N3OS.